The second-order valence-electron chi connectivity index (χ2n) is 5.05. The van der Waals surface area contributed by atoms with Crippen LogP contribution >= 0.6 is 0 Å². The summed E-state index contributed by atoms with van der Waals surface area (Å²) >= 11 is 0. The van der Waals surface area contributed by atoms with E-state index < -0.39 is 64.6 Å². The summed E-state index contributed by atoms with van der Waals surface area (Å²) in [5, 5.41) is 18.3. The average molecular weight is 438 g/mol. The molecule has 0 aliphatic carbocycles. The topological polar surface area (TPSA) is 182 Å². The van der Waals surface area contributed by atoms with Crippen LogP contribution in [-0.4, -0.2) is 50.6 Å². The van der Waals surface area contributed by atoms with Crippen molar-refractivity contribution in [2.45, 2.75) is 9.79 Å². The second-order valence-corrected chi connectivity index (χ2v) is 7.96. The molecule has 150 valence electrons. The van der Waals surface area contributed by atoms with E-state index in [1.54, 1.807) is 0 Å². The Morgan fingerprint density at radius 3 is 2.14 bits per heavy atom. The molecular weight excluding hydrogens is 427 g/mol. The van der Waals surface area contributed by atoms with Gasteiger partial charge in [0, 0.05) is 4.90 Å². The van der Waals surface area contributed by atoms with Crippen molar-refractivity contribution in [2.24, 2.45) is 0 Å². The fraction of sp³-hybridized carbons (Fsp3) is 0.0667. The first kappa shape index (κ1) is 24.5. The summed E-state index contributed by atoms with van der Waals surface area (Å²) in [5.74, 6) is -4.85. The quantitative estimate of drug-likeness (QED) is 0.187. The molecule has 0 saturated heterocycles. The Balaban J connectivity index is 0.00000420. The molecule has 0 aliphatic rings. The van der Waals surface area contributed by atoms with E-state index in [0.717, 1.165) is 25.3 Å². The van der Waals surface area contributed by atoms with Gasteiger partial charge in [-0.2, -0.15) is 26.6 Å². The predicted octanol–water partition coefficient (Wildman–Crippen LogP) is -2.09. The number of carboxylic acids is 2. The molecule has 0 radical (unpaired) electrons. The van der Waals surface area contributed by atoms with Crippen LogP contribution in [0.25, 0.3) is 0 Å². The summed E-state index contributed by atoms with van der Waals surface area (Å²) < 4.78 is 66.7. The molecule has 0 unspecified atom stereocenters. The third kappa shape index (κ3) is 5.28. The first-order valence-corrected chi connectivity index (χ1v) is 9.84. The Kier molecular flexibility index (Phi) is 7.47. The van der Waals surface area contributed by atoms with Gasteiger partial charge in [-0.05, 0) is 12.1 Å². The van der Waals surface area contributed by atoms with Gasteiger partial charge in [-0.1, -0.05) is 0 Å². The number of aromatic carboxylic acids is 2. The van der Waals surface area contributed by atoms with E-state index in [0.29, 0.717) is 12.1 Å². The normalized spacial score (nSPS) is 11.2. The van der Waals surface area contributed by atoms with Crippen LogP contribution in [0.4, 0.5) is 0 Å². The average Bonchev–Trinajstić information content (AvgIpc) is 2.59. The maximum atomic E-state index is 12.6. The van der Waals surface area contributed by atoms with Gasteiger partial charge in [0.15, 0.2) is 5.75 Å². The Bertz CT molecular complexity index is 1170. The van der Waals surface area contributed by atoms with Crippen LogP contribution in [-0.2, 0) is 20.2 Å². The largest absolute Gasteiger partial charge is 1.00 e. The van der Waals surface area contributed by atoms with Gasteiger partial charge < -0.3 is 19.1 Å². The summed E-state index contributed by atoms with van der Waals surface area (Å²) in [6.07, 6.45) is 0. The summed E-state index contributed by atoms with van der Waals surface area (Å²) in [5.41, 5.74) is -1.47. The van der Waals surface area contributed by atoms with Crippen molar-refractivity contribution in [1.82, 2.24) is 0 Å². The zero-order valence-corrected chi connectivity index (χ0v) is 16.4. The Hall–Kier alpha value is -2.56. The molecule has 2 aromatic carbocycles. The van der Waals surface area contributed by atoms with Gasteiger partial charge >= 0.3 is 40.9 Å². The van der Waals surface area contributed by atoms with Gasteiger partial charge in [0.1, 0.15) is 10.5 Å². The van der Waals surface area contributed by atoms with Crippen molar-refractivity contribution >= 4 is 32.2 Å². The molecule has 29 heavy (non-hydrogen) atoms. The number of methoxy groups -OCH3 is 1. The van der Waals surface area contributed by atoms with Crippen LogP contribution in [0.5, 0.6) is 11.5 Å². The third-order valence-corrected chi connectivity index (χ3v) is 5.39. The van der Waals surface area contributed by atoms with E-state index in [-0.39, 0.29) is 18.9 Å². The van der Waals surface area contributed by atoms with E-state index >= 15 is 0 Å². The SMILES string of the molecule is COc1c(C(=O)O)cc(C(=O)O)cc1S(=O)(=O)Oc1cc[c-]cc1S(=O)(=O)O.[Li+]. The third-order valence-electron chi connectivity index (χ3n) is 3.27. The van der Waals surface area contributed by atoms with Crippen molar-refractivity contribution < 1.29 is 69.0 Å². The van der Waals surface area contributed by atoms with Crippen LogP contribution in [0.2, 0.25) is 0 Å². The molecule has 14 heteroatoms. The van der Waals surface area contributed by atoms with Crippen LogP contribution in [0.1, 0.15) is 20.7 Å². The molecule has 0 fully saturated rings. The predicted molar refractivity (Wildman–Crippen MR) is 89.8 cm³/mol. The molecule has 2 rings (SSSR count). The van der Waals surface area contributed by atoms with Crippen LogP contribution in [0.15, 0.2) is 40.1 Å². The summed E-state index contributed by atoms with van der Waals surface area (Å²) in [7, 11) is -8.93. The number of carboxylic acid groups (broad SMARTS) is 2. The maximum absolute atomic E-state index is 12.6. The number of ether oxygens (including phenoxy) is 1. The first-order valence-electron chi connectivity index (χ1n) is 6.99. The number of rotatable bonds is 7. The van der Waals surface area contributed by atoms with Gasteiger partial charge in [0.05, 0.1) is 18.4 Å². The van der Waals surface area contributed by atoms with Crippen LogP contribution in [0.3, 0.4) is 0 Å². The van der Waals surface area contributed by atoms with Gasteiger partial charge in [0.25, 0.3) is 0 Å². The van der Waals surface area contributed by atoms with E-state index in [4.69, 9.17) is 18.6 Å². The van der Waals surface area contributed by atoms with Crippen molar-refractivity contribution in [3.05, 3.63) is 47.5 Å². The van der Waals surface area contributed by atoms with Crippen molar-refractivity contribution in [3.63, 3.8) is 0 Å². The summed E-state index contributed by atoms with van der Waals surface area (Å²) in [4.78, 5) is 20.7. The standard InChI is InChI=1S/C15H11O11S2.Li/c1-25-13-9(15(18)19)6-8(14(16)17)7-12(13)28(23,24)26-10-4-2-3-5-11(10)27(20,21)22;/h2,4-7H,1H3,(H,16,17)(H,18,19)(H,20,21,22);/q-1;+1. The minimum absolute atomic E-state index is 0. The summed E-state index contributed by atoms with van der Waals surface area (Å²) in [6, 6.07) is 6.28. The zero-order valence-electron chi connectivity index (χ0n) is 14.8. The molecule has 0 aromatic heterocycles. The van der Waals surface area contributed by atoms with Crippen molar-refractivity contribution in [1.29, 1.82) is 0 Å². The minimum atomic E-state index is -4.99. The Labute approximate surface area is 176 Å². The Morgan fingerprint density at radius 2 is 1.66 bits per heavy atom. The maximum Gasteiger partial charge on any atom is 1.00 e. The van der Waals surface area contributed by atoms with Gasteiger partial charge in [-0.25, -0.2) is 18.0 Å². The van der Waals surface area contributed by atoms with Crippen LogP contribution < -0.4 is 27.8 Å². The number of hydrogen-bond acceptors (Lipinski definition) is 8. The molecule has 0 atom stereocenters. The van der Waals surface area contributed by atoms with E-state index in [2.05, 4.69) is 6.07 Å². The van der Waals surface area contributed by atoms with Gasteiger partial charge in [0.2, 0.25) is 10.1 Å². The number of carbonyl (C=O) groups is 2. The van der Waals surface area contributed by atoms with Gasteiger partial charge in [-0.15, -0.1) is 6.07 Å². The molecule has 0 bridgehead atoms. The first-order chi connectivity index (χ1) is 12.9. The van der Waals surface area contributed by atoms with E-state index in [9.17, 15) is 31.5 Å². The molecule has 0 aliphatic heterocycles. The molecule has 3 N–H and O–H groups in total. The fourth-order valence-corrected chi connectivity index (χ4v) is 3.91. The molecule has 0 heterocycles. The smallest absolute Gasteiger partial charge is 0.494 e. The molecule has 2 aromatic rings. The second kappa shape index (κ2) is 8.85. The molecule has 11 nitrogen and oxygen atoms in total. The van der Waals surface area contributed by atoms with Crippen molar-refractivity contribution in [2.75, 3.05) is 7.11 Å². The molecule has 0 amide bonds. The molecular formula is C15H11LiO11S2. The summed E-state index contributed by atoms with van der Waals surface area (Å²) in [6.45, 7) is 0. The Morgan fingerprint density at radius 1 is 1.03 bits per heavy atom. The number of benzene rings is 2. The van der Waals surface area contributed by atoms with E-state index in [1.165, 1.54) is 0 Å². The molecule has 0 spiro atoms. The zero-order chi connectivity index (χ0) is 21.3. The fourth-order valence-electron chi connectivity index (χ4n) is 2.12. The van der Waals surface area contributed by atoms with E-state index in [1.807, 2.05) is 0 Å². The minimum Gasteiger partial charge on any atom is -0.494 e. The molecule has 0 saturated carbocycles. The van der Waals surface area contributed by atoms with Gasteiger partial charge in [-0.3, -0.25) is 4.55 Å². The number of hydrogen-bond donors (Lipinski definition) is 3. The van der Waals surface area contributed by atoms with Crippen molar-refractivity contribution in [3.8, 4) is 11.5 Å². The van der Waals surface area contributed by atoms with Crippen LogP contribution in [0, 0.1) is 6.07 Å². The monoisotopic (exact) mass is 438 g/mol.